The number of hydrogen-bond acceptors (Lipinski definition) is 2. The first-order valence-corrected chi connectivity index (χ1v) is 2.88. The molecule has 10 heavy (non-hydrogen) atoms. The van der Waals surface area contributed by atoms with Crippen LogP contribution in [0.1, 0.15) is 0 Å². The zero-order chi connectivity index (χ0) is 6.97. The molecule has 0 saturated heterocycles. The molecule has 0 aliphatic carbocycles. The van der Waals surface area contributed by atoms with Crippen molar-refractivity contribution in [2.75, 3.05) is 0 Å². The van der Waals surface area contributed by atoms with Gasteiger partial charge in [-0.1, -0.05) is 4.85 Å². The lowest BCUT2D eigenvalue weighted by atomic mass is 10.3. The summed E-state index contributed by atoms with van der Waals surface area (Å²) in [6.45, 7) is 0. The van der Waals surface area contributed by atoms with Crippen molar-refractivity contribution in [1.29, 1.82) is 0 Å². The van der Waals surface area contributed by atoms with Crippen LogP contribution in [0.2, 0.25) is 0 Å². The molecule has 1 N–H and O–H groups in total. The summed E-state index contributed by atoms with van der Waals surface area (Å²) in [5.74, 6) is 0. The third-order valence-electron chi connectivity index (χ3n) is 1.35. The molecule has 0 unspecified atom stereocenters. The zero-order valence-corrected chi connectivity index (χ0v) is 5.11. The molecule has 2 aliphatic rings. The van der Waals surface area contributed by atoms with Gasteiger partial charge in [-0.2, -0.15) is 5.10 Å². The normalized spacial score (nSPS) is 10.4. The second-order valence-electron chi connectivity index (χ2n) is 2.01. The van der Waals surface area contributed by atoms with E-state index in [2.05, 4.69) is 10.1 Å². The van der Waals surface area contributed by atoms with Crippen LogP contribution in [0.4, 0.5) is 0 Å². The zero-order valence-electron chi connectivity index (χ0n) is 5.11. The first-order valence-electron chi connectivity index (χ1n) is 2.88. The Kier molecular flexibility index (Phi) is 0.887. The molecule has 0 saturated carbocycles. The number of nitrogens with one attached hydrogen (secondary N) is 1. The van der Waals surface area contributed by atoms with Crippen molar-refractivity contribution in [2.45, 2.75) is 0 Å². The van der Waals surface area contributed by atoms with Crippen LogP contribution in [-0.2, 0) is 0 Å². The molecule has 0 amide bonds. The van der Waals surface area contributed by atoms with Crippen molar-refractivity contribution >= 4 is 0 Å². The van der Waals surface area contributed by atoms with Gasteiger partial charge in [0.25, 0.3) is 0 Å². The minimum absolute atomic E-state index is 0.643. The number of hydrogen-bond donors (Lipinski definition) is 1. The van der Waals surface area contributed by atoms with E-state index in [1.54, 1.807) is 18.5 Å². The largest absolute Gasteiger partial charge is 0.596 e. The molecular formula is C6H5N3O. The minimum Gasteiger partial charge on any atom is -0.596 e. The van der Waals surface area contributed by atoms with Gasteiger partial charge in [-0.15, -0.1) is 0 Å². The maximum absolute atomic E-state index is 10.6. The van der Waals surface area contributed by atoms with Crippen LogP contribution in [0.25, 0.3) is 11.3 Å². The third-order valence-corrected chi connectivity index (χ3v) is 1.35. The molecule has 2 heterocycles. The van der Waals surface area contributed by atoms with Gasteiger partial charge in [0.1, 0.15) is 0 Å². The van der Waals surface area contributed by atoms with E-state index < -0.39 is 0 Å². The smallest absolute Gasteiger partial charge is 0.216 e. The van der Waals surface area contributed by atoms with Crippen LogP contribution < -0.4 is 4.85 Å². The summed E-state index contributed by atoms with van der Waals surface area (Å²) in [4.78, 5) is 4.62. The summed E-state index contributed by atoms with van der Waals surface area (Å²) in [5.41, 5.74) is 1.67. The monoisotopic (exact) mass is 135 g/mol. The summed E-state index contributed by atoms with van der Waals surface area (Å²) >= 11 is 0. The fourth-order valence-corrected chi connectivity index (χ4v) is 0.876. The average Bonchev–Trinajstić information content (AvgIpc) is 2.33. The van der Waals surface area contributed by atoms with E-state index in [9.17, 15) is 5.21 Å². The molecule has 0 aromatic carbocycles. The maximum atomic E-state index is 10.6. The Morgan fingerprint density at radius 3 is 3.40 bits per heavy atom. The number of rotatable bonds is 0. The van der Waals surface area contributed by atoms with E-state index in [-0.39, 0.29) is 0 Å². The van der Waals surface area contributed by atoms with Crippen molar-refractivity contribution in [1.82, 2.24) is 10.1 Å². The lowest BCUT2D eigenvalue weighted by molar-refractivity contribution is -0.668. The fraction of sp³-hybridized carbons (Fsp3) is 0. The minimum atomic E-state index is 0.643. The highest BCUT2D eigenvalue weighted by atomic mass is 16.5. The molecule has 0 spiro atoms. The molecule has 0 bridgehead atoms. The van der Waals surface area contributed by atoms with Crippen LogP contribution in [0.5, 0.6) is 0 Å². The first kappa shape index (κ1) is 5.22. The van der Waals surface area contributed by atoms with Crippen LogP contribution in [0.15, 0.2) is 24.7 Å². The fourth-order valence-electron chi connectivity index (χ4n) is 0.876. The summed E-state index contributed by atoms with van der Waals surface area (Å²) in [7, 11) is 0. The highest BCUT2D eigenvalue weighted by Crippen LogP contribution is 2.13. The van der Waals surface area contributed by atoms with Crippen LogP contribution in [0.3, 0.4) is 0 Å². The summed E-state index contributed by atoms with van der Waals surface area (Å²) < 4.78 is 0. The molecule has 50 valence electrons. The van der Waals surface area contributed by atoms with Crippen molar-refractivity contribution in [2.24, 2.45) is 0 Å². The van der Waals surface area contributed by atoms with Gasteiger partial charge >= 0.3 is 0 Å². The van der Waals surface area contributed by atoms with Gasteiger partial charge < -0.3 is 5.21 Å². The van der Waals surface area contributed by atoms with Crippen LogP contribution in [0, 0.1) is 5.21 Å². The molecule has 0 aromatic heterocycles. The van der Waals surface area contributed by atoms with E-state index in [0.29, 0.717) is 4.85 Å². The molecule has 0 aromatic rings. The number of nitrogens with zero attached hydrogens (tertiary/aromatic N) is 2. The van der Waals surface area contributed by atoms with E-state index in [4.69, 9.17) is 0 Å². The Balaban J connectivity index is 2.75. The van der Waals surface area contributed by atoms with E-state index in [1.165, 1.54) is 6.20 Å². The molecule has 0 atom stereocenters. The summed E-state index contributed by atoms with van der Waals surface area (Å²) in [6, 6.07) is 1.79. The second-order valence-corrected chi connectivity index (χ2v) is 2.01. The molecule has 2 aliphatic heterocycles. The standard InChI is InChI=1S/C6H5N3O/c10-9-4-5-1-2-7-6(5)3-8-9/h1-4,8H. The quantitative estimate of drug-likeness (QED) is 0.413. The predicted octanol–water partition coefficient (Wildman–Crippen LogP) is 0.148. The van der Waals surface area contributed by atoms with Gasteiger partial charge in [0, 0.05) is 6.20 Å². The lowest BCUT2D eigenvalue weighted by Crippen LogP contribution is -2.30. The van der Waals surface area contributed by atoms with Crippen molar-refractivity contribution < 1.29 is 4.85 Å². The van der Waals surface area contributed by atoms with Gasteiger partial charge in [0.2, 0.25) is 6.20 Å². The Labute approximate surface area is 57.0 Å². The van der Waals surface area contributed by atoms with Crippen LogP contribution >= 0.6 is 0 Å². The van der Waals surface area contributed by atoms with Crippen LogP contribution in [-0.4, -0.2) is 10.1 Å². The van der Waals surface area contributed by atoms with Gasteiger partial charge in [0.05, 0.1) is 17.5 Å². The molecule has 0 fully saturated rings. The topological polar surface area (TPSA) is 55.6 Å². The van der Waals surface area contributed by atoms with E-state index in [0.717, 1.165) is 11.3 Å². The number of aromatic nitrogens is 3. The number of fused-ring (bicyclic) bond motifs is 1. The first-order chi connectivity index (χ1) is 4.86. The van der Waals surface area contributed by atoms with Crippen molar-refractivity contribution in [3.63, 3.8) is 0 Å². The average molecular weight is 135 g/mol. The second kappa shape index (κ2) is 1.70. The van der Waals surface area contributed by atoms with Gasteiger partial charge in [0.15, 0.2) is 0 Å². The highest BCUT2D eigenvalue weighted by Gasteiger charge is 2.05. The van der Waals surface area contributed by atoms with E-state index >= 15 is 0 Å². The maximum Gasteiger partial charge on any atom is 0.216 e. The molecule has 0 radical (unpaired) electrons. The lowest BCUT2D eigenvalue weighted by Gasteiger charge is -1.95. The van der Waals surface area contributed by atoms with E-state index in [1.807, 2.05) is 0 Å². The Hall–Kier alpha value is -1.58. The highest BCUT2D eigenvalue weighted by molar-refractivity contribution is 5.56. The Morgan fingerprint density at radius 2 is 2.50 bits per heavy atom. The SMILES string of the molecule is [O-][n+]1cc2ccnc-2c[nH]1. The predicted molar refractivity (Wildman–Crippen MR) is 34.2 cm³/mol. The molecule has 2 rings (SSSR count). The molecular weight excluding hydrogens is 130 g/mol. The van der Waals surface area contributed by atoms with Gasteiger partial charge in [-0.05, 0) is 6.07 Å². The van der Waals surface area contributed by atoms with Crippen molar-refractivity contribution in [3.05, 3.63) is 29.9 Å². The number of aromatic amines is 1. The van der Waals surface area contributed by atoms with Gasteiger partial charge in [-0.25, -0.2) is 0 Å². The molecule has 4 nitrogen and oxygen atoms in total. The third kappa shape index (κ3) is 0.621. The Bertz CT molecular complexity index is 317. The number of H-pyrrole nitrogens is 1. The van der Waals surface area contributed by atoms with Crippen molar-refractivity contribution in [3.8, 4) is 11.3 Å². The molecule has 4 heteroatoms. The Morgan fingerprint density at radius 1 is 1.60 bits per heavy atom. The summed E-state index contributed by atoms with van der Waals surface area (Å²) in [6.07, 6.45) is 4.68. The van der Waals surface area contributed by atoms with Gasteiger partial charge in [-0.3, -0.25) is 4.98 Å². The summed E-state index contributed by atoms with van der Waals surface area (Å²) in [5, 5.41) is 13.1.